The van der Waals surface area contributed by atoms with Gasteiger partial charge >= 0.3 is 0 Å². The predicted molar refractivity (Wildman–Crippen MR) is 71.4 cm³/mol. The second-order valence-electron chi connectivity index (χ2n) is 4.98. The van der Waals surface area contributed by atoms with E-state index < -0.39 is 0 Å². The number of aromatic nitrogens is 2. The van der Waals surface area contributed by atoms with Crippen molar-refractivity contribution < 1.29 is 0 Å². The number of hydrogen-bond donors (Lipinski definition) is 1. The van der Waals surface area contributed by atoms with Gasteiger partial charge in [0.25, 0.3) is 0 Å². The van der Waals surface area contributed by atoms with E-state index in [1.54, 1.807) is 6.33 Å². The molecule has 1 fully saturated rings. The van der Waals surface area contributed by atoms with Gasteiger partial charge < -0.3 is 10.2 Å². The maximum atomic E-state index is 4.40. The van der Waals surface area contributed by atoms with E-state index in [0.29, 0.717) is 6.04 Å². The molecule has 0 radical (unpaired) electrons. The van der Waals surface area contributed by atoms with Gasteiger partial charge in [0, 0.05) is 25.2 Å². The van der Waals surface area contributed by atoms with Crippen LogP contribution in [0.4, 0.5) is 11.6 Å². The van der Waals surface area contributed by atoms with Crippen molar-refractivity contribution in [2.75, 3.05) is 23.3 Å². The summed E-state index contributed by atoms with van der Waals surface area (Å²) in [4.78, 5) is 11.0. The molecule has 4 heteroatoms. The predicted octanol–water partition coefficient (Wildman–Crippen LogP) is 2.53. The molecule has 0 aromatic carbocycles. The van der Waals surface area contributed by atoms with E-state index in [1.807, 2.05) is 6.07 Å². The van der Waals surface area contributed by atoms with Gasteiger partial charge in [0.1, 0.15) is 18.0 Å². The van der Waals surface area contributed by atoms with Crippen LogP contribution in [-0.2, 0) is 0 Å². The van der Waals surface area contributed by atoms with Crippen molar-refractivity contribution in [2.45, 2.75) is 39.7 Å². The summed E-state index contributed by atoms with van der Waals surface area (Å²) in [5.41, 5.74) is 0. The Kier molecular flexibility index (Phi) is 3.82. The lowest BCUT2D eigenvalue weighted by atomic mass is 10.2. The largest absolute Gasteiger partial charge is 0.370 e. The van der Waals surface area contributed by atoms with Crippen LogP contribution in [0.2, 0.25) is 0 Å². The van der Waals surface area contributed by atoms with E-state index in [-0.39, 0.29) is 0 Å². The van der Waals surface area contributed by atoms with E-state index in [4.69, 9.17) is 0 Å². The quantitative estimate of drug-likeness (QED) is 0.821. The van der Waals surface area contributed by atoms with E-state index in [2.05, 4.69) is 41.0 Å². The molecule has 2 rings (SSSR count). The number of anilines is 2. The van der Waals surface area contributed by atoms with Crippen LogP contribution in [0, 0.1) is 5.92 Å². The molecule has 17 heavy (non-hydrogen) atoms. The first-order valence-corrected chi connectivity index (χ1v) is 6.53. The van der Waals surface area contributed by atoms with Crippen molar-refractivity contribution in [3.8, 4) is 0 Å². The van der Waals surface area contributed by atoms with E-state index in [9.17, 15) is 0 Å². The van der Waals surface area contributed by atoms with E-state index >= 15 is 0 Å². The van der Waals surface area contributed by atoms with Gasteiger partial charge in [0.15, 0.2) is 0 Å². The van der Waals surface area contributed by atoms with Crippen LogP contribution in [0.25, 0.3) is 0 Å². The van der Waals surface area contributed by atoms with Crippen LogP contribution in [-0.4, -0.2) is 29.1 Å². The zero-order chi connectivity index (χ0) is 12.3. The average molecular weight is 234 g/mol. The summed E-state index contributed by atoms with van der Waals surface area (Å²) in [7, 11) is 0. The SMILES string of the molecule is CCNc1cc(N(CC2CC2)C(C)C)ncn1. The maximum Gasteiger partial charge on any atom is 0.134 e. The zero-order valence-electron chi connectivity index (χ0n) is 11.0. The van der Waals surface area contributed by atoms with Gasteiger partial charge in [-0.05, 0) is 39.5 Å². The summed E-state index contributed by atoms with van der Waals surface area (Å²) in [6.45, 7) is 8.53. The Morgan fingerprint density at radius 2 is 2.18 bits per heavy atom. The summed E-state index contributed by atoms with van der Waals surface area (Å²) >= 11 is 0. The van der Waals surface area contributed by atoms with Crippen molar-refractivity contribution in [2.24, 2.45) is 5.92 Å². The Hall–Kier alpha value is -1.32. The minimum atomic E-state index is 0.486. The molecule has 1 aliphatic carbocycles. The number of nitrogens with zero attached hydrogens (tertiary/aromatic N) is 3. The molecule has 1 aromatic heterocycles. The first-order valence-electron chi connectivity index (χ1n) is 6.53. The molecule has 1 saturated carbocycles. The standard InChI is InChI=1S/C13H22N4/c1-4-14-12-7-13(16-9-15-12)17(10(2)3)8-11-5-6-11/h7,9-11H,4-6,8H2,1-3H3,(H,14,15,16). The number of hydrogen-bond acceptors (Lipinski definition) is 4. The second kappa shape index (κ2) is 5.34. The second-order valence-corrected chi connectivity index (χ2v) is 4.98. The Balaban J connectivity index is 2.12. The zero-order valence-corrected chi connectivity index (χ0v) is 11.0. The molecule has 1 aromatic rings. The smallest absolute Gasteiger partial charge is 0.134 e. The van der Waals surface area contributed by atoms with Crippen LogP contribution in [0.5, 0.6) is 0 Å². The topological polar surface area (TPSA) is 41.0 Å². The molecule has 94 valence electrons. The molecule has 1 heterocycles. The van der Waals surface area contributed by atoms with E-state index in [1.165, 1.54) is 12.8 Å². The molecule has 0 amide bonds. The third-order valence-corrected chi connectivity index (χ3v) is 3.08. The van der Waals surface area contributed by atoms with Crippen LogP contribution in [0.15, 0.2) is 12.4 Å². The normalized spacial score (nSPS) is 15.1. The molecule has 0 bridgehead atoms. The lowest BCUT2D eigenvalue weighted by Crippen LogP contribution is -2.33. The molecular weight excluding hydrogens is 212 g/mol. The summed E-state index contributed by atoms with van der Waals surface area (Å²) in [6, 6.07) is 2.53. The Morgan fingerprint density at radius 3 is 2.76 bits per heavy atom. The summed E-state index contributed by atoms with van der Waals surface area (Å²) in [6.07, 6.45) is 4.39. The van der Waals surface area contributed by atoms with Crippen molar-refractivity contribution in [1.29, 1.82) is 0 Å². The van der Waals surface area contributed by atoms with Crippen LogP contribution in [0.3, 0.4) is 0 Å². The van der Waals surface area contributed by atoms with Gasteiger partial charge in [-0.25, -0.2) is 9.97 Å². The van der Waals surface area contributed by atoms with Crippen LogP contribution >= 0.6 is 0 Å². The third-order valence-electron chi connectivity index (χ3n) is 3.08. The fraction of sp³-hybridized carbons (Fsp3) is 0.692. The average Bonchev–Trinajstić information content (AvgIpc) is 3.10. The molecular formula is C13H22N4. The van der Waals surface area contributed by atoms with Gasteiger partial charge in [-0.15, -0.1) is 0 Å². The lowest BCUT2D eigenvalue weighted by molar-refractivity contribution is 0.636. The van der Waals surface area contributed by atoms with Crippen molar-refractivity contribution in [3.05, 3.63) is 12.4 Å². The van der Waals surface area contributed by atoms with Gasteiger partial charge in [0.2, 0.25) is 0 Å². The highest BCUT2D eigenvalue weighted by Crippen LogP contribution is 2.32. The molecule has 1 aliphatic rings. The van der Waals surface area contributed by atoms with E-state index in [0.717, 1.165) is 30.6 Å². The highest BCUT2D eigenvalue weighted by Gasteiger charge is 2.26. The van der Waals surface area contributed by atoms with Crippen molar-refractivity contribution in [1.82, 2.24) is 9.97 Å². The molecule has 0 saturated heterocycles. The summed E-state index contributed by atoms with van der Waals surface area (Å²) in [5, 5.41) is 3.23. The minimum absolute atomic E-state index is 0.486. The van der Waals surface area contributed by atoms with Crippen LogP contribution in [0.1, 0.15) is 33.6 Å². The number of rotatable bonds is 6. The van der Waals surface area contributed by atoms with Crippen LogP contribution < -0.4 is 10.2 Å². The molecule has 0 spiro atoms. The van der Waals surface area contributed by atoms with Gasteiger partial charge in [-0.1, -0.05) is 0 Å². The van der Waals surface area contributed by atoms with Gasteiger partial charge in [0.05, 0.1) is 0 Å². The van der Waals surface area contributed by atoms with Gasteiger partial charge in [-0.3, -0.25) is 0 Å². The Labute approximate surface area is 103 Å². The Morgan fingerprint density at radius 1 is 1.41 bits per heavy atom. The molecule has 0 aliphatic heterocycles. The fourth-order valence-corrected chi connectivity index (χ4v) is 1.93. The fourth-order valence-electron chi connectivity index (χ4n) is 1.93. The highest BCUT2D eigenvalue weighted by atomic mass is 15.2. The summed E-state index contributed by atoms with van der Waals surface area (Å²) in [5.74, 6) is 2.83. The van der Waals surface area contributed by atoms with Crippen molar-refractivity contribution >= 4 is 11.6 Å². The van der Waals surface area contributed by atoms with Gasteiger partial charge in [-0.2, -0.15) is 0 Å². The molecule has 4 nitrogen and oxygen atoms in total. The first-order chi connectivity index (χ1) is 8.20. The number of nitrogens with one attached hydrogen (secondary N) is 1. The highest BCUT2D eigenvalue weighted by molar-refractivity contribution is 5.49. The molecule has 0 unspecified atom stereocenters. The molecule has 0 atom stereocenters. The first kappa shape index (κ1) is 12.1. The monoisotopic (exact) mass is 234 g/mol. The summed E-state index contributed by atoms with van der Waals surface area (Å²) < 4.78 is 0. The molecule has 1 N–H and O–H groups in total. The Bertz CT molecular complexity index is 360. The van der Waals surface area contributed by atoms with Crippen molar-refractivity contribution in [3.63, 3.8) is 0 Å². The minimum Gasteiger partial charge on any atom is -0.370 e. The lowest BCUT2D eigenvalue weighted by Gasteiger charge is -2.28. The third kappa shape index (κ3) is 3.32. The maximum absolute atomic E-state index is 4.40.